The molecule has 0 bridgehead atoms. The minimum atomic E-state index is -0.577. The molecule has 2 aromatic rings. The van der Waals surface area contributed by atoms with Gasteiger partial charge in [-0.25, -0.2) is 8.78 Å². The van der Waals surface area contributed by atoms with E-state index in [1.807, 2.05) is 20.0 Å². The van der Waals surface area contributed by atoms with Crippen molar-refractivity contribution in [3.05, 3.63) is 52.9 Å². The van der Waals surface area contributed by atoms with Crippen LogP contribution in [0.1, 0.15) is 17.0 Å². The molecule has 6 heteroatoms. The number of rotatable bonds is 5. The summed E-state index contributed by atoms with van der Waals surface area (Å²) in [6, 6.07) is 5.35. The molecule has 1 unspecified atom stereocenters. The van der Waals surface area contributed by atoms with Crippen LogP contribution < -0.4 is 11.3 Å². The Labute approximate surface area is 116 Å². The quantitative estimate of drug-likeness (QED) is 0.646. The normalized spacial score (nSPS) is 12.7. The van der Waals surface area contributed by atoms with Gasteiger partial charge in [0.25, 0.3) is 0 Å². The SMILES string of the molecule is Cc1cc(CC(Cc2cc(F)cc(F)c2)NN)n(C)n1. The second kappa shape index (κ2) is 6.11. The van der Waals surface area contributed by atoms with Crippen molar-refractivity contribution in [2.75, 3.05) is 0 Å². The molecule has 0 saturated carbocycles. The Kier molecular flexibility index (Phi) is 4.46. The molecule has 0 aliphatic rings. The van der Waals surface area contributed by atoms with Gasteiger partial charge in [-0.15, -0.1) is 0 Å². The van der Waals surface area contributed by atoms with Gasteiger partial charge in [0.2, 0.25) is 0 Å². The lowest BCUT2D eigenvalue weighted by Crippen LogP contribution is -2.38. The number of nitrogens with zero attached hydrogens (tertiary/aromatic N) is 2. The van der Waals surface area contributed by atoms with Gasteiger partial charge in [0.15, 0.2) is 0 Å². The molecule has 1 aromatic carbocycles. The Morgan fingerprint density at radius 3 is 2.35 bits per heavy atom. The molecule has 1 heterocycles. The van der Waals surface area contributed by atoms with Crippen LogP contribution in [0.25, 0.3) is 0 Å². The van der Waals surface area contributed by atoms with Crippen LogP contribution in [0.3, 0.4) is 0 Å². The topological polar surface area (TPSA) is 55.9 Å². The zero-order valence-electron chi connectivity index (χ0n) is 11.5. The maximum Gasteiger partial charge on any atom is 0.126 e. The van der Waals surface area contributed by atoms with Gasteiger partial charge in [0.1, 0.15) is 11.6 Å². The molecule has 20 heavy (non-hydrogen) atoms. The number of nitrogens with one attached hydrogen (secondary N) is 1. The third-order valence-electron chi connectivity index (χ3n) is 3.19. The monoisotopic (exact) mass is 280 g/mol. The fraction of sp³-hybridized carbons (Fsp3) is 0.357. The minimum absolute atomic E-state index is 0.119. The van der Waals surface area contributed by atoms with Gasteiger partial charge in [-0.05, 0) is 37.1 Å². The van der Waals surface area contributed by atoms with E-state index in [9.17, 15) is 8.78 Å². The Morgan fingerprint density at radius 1 is 1.20 bits per heavy atom. The van der Waals surface area contributed by atoms with Crippen LogP contribution in [-0.4, -0.2) is 15.8 Å². The Morgan fingerprint density at radius 2 is 1.85 bits per heavy atom. The highest BCUT2D eigenvalue weighted by molar-refractivity contribution is 5.20. The van der Waals surface area contributed by atoms with Crippen LogP contribution in [0.15, 0.2) is 24.3 Å². The summed E-state index contributed by atoms with van der Waals surface area (Å²) < 4.78 is 28.1. The Bertz CT molecular complexity index is 575. The number of aromatic nitrogens is 2. The molecular formula is C14H18F2N4. The molecule has 4 nitrogen and oxygen atoms in total. The molecule has 1 atom stereocenters. The van der Waals surface area contributed by atoms with E-state index >= 15 is 0 Å². The number of halogens is 2. The minimum Gasteiger partial charge on any atom is -0.272 e. The van der Waals surface area contributed by atoms with Crippen LogP contribution in [0.5, 0.6) is 0 Å². The van der Waals surface area contributed by atoms with Crippen molar-refractivity contribution < 1.29 is 8.78 Å². The number of benzene rings is 1. The fourth-order valence-corrected chi connectivity index (χ4v) is 2.31. The number of nitrogens with two attached hydrogens (primary N) is 1. The highest BCUT2D eigenvalue weighted by Gasteiger charge is 2.13. The molecular weight excluding hydrogens is 262 g/mol. The molecule has 0 aliphatic carbocycles. The van der Waals surface area contributed by atoms with Gasteiger partial charge in [-0.3, -0.25) is 16.0 Å². The van der Waals surface area contributed by atoms with Crippen molar-refractivity contribution >= 4 is 0 Å². The average Bonchev–Trinajstić information content (AvgIpc) is 2.65. The first-order valence-corrected chi connectivity index (χ1v) is 6.38. The third kappa shape index (κ3) is 3.61. The summed E-state index contributed by atoms with van der Waals surface area (Å²) in [5.74, 6) is 4.38. The highest BCUT2D eigenvalue weighted by Crippen LogP contribution is 2.13. The van der Waals surface area contributed by atoms with Crippen molar-refractivity contribution in [3.8, 4) is 0 Å². The van der Waals surface area contributed by atoms with E-state index in [-0.39, 0.29) is 6.04 Å². The van der Waals surface area contributed by atoms with Gasteiger partial charge in [0, 0.05) is 31.3 Å². The summed E-state index contributed by atoms with van der Waals surface area (Å²) >= 11 is 0. The van der Waals surface area contributed by atoms with Crippen LogP contribution in [0.2, 0.25) is 0 Å². The Balaban J connectivity index is 2.10. The number of hydrogen-bond donors (Lipinski definition) is 2. The van der Waals surface area contributed by atoms with E-state index in [4.69, 9.17) is 5.84 Å². The fourth-order valence-electron chi connectivity index (χ4n) is 2.31. The first-order chi connectivity index (χ1) is 9.47. The van der Waals surface area contributed by atoms with Crippen molar-refractivity contribution in [2.24, 2.45) is 12.9 Å². The van der Waals surface area contributed by atoms with Crippen molar-refractivity contribution in [3.63, 3.8) is 0 Å². The zero-order valence-corrected chi connectivity index (χ0v) is 11.5. The smallest absolute Gasteiger partial charge is 0.126 e. The molecule has 1 aromatic heterocycles. The van der Waals surface area contributed by atoms with E-state index in [0.29, 0.717) is 18.4 Å². The van der Waals surface area contributed by atoms with Crippen molar-refractivity contribution in [2.45, 2.75) is 25.8 Å². The van der Waals surface area contributed by atoms with Crippen LogP contribution >= 0.6 is 0 Å². The van der Waals surface area contributed by atoms with Crippen LogP contribution in [-0.2, 0) is 19.9 Å². The molecule has 0 saturated heterocycles. The van der Waals surface area contributed by atoms with Gasteiger partial charge in [-0.2, -0.15) is 5.10 Å². The first kappa shape index (κ1) is 14.6. The summed E-state index contributed by atoms with van der Waals surface area (Å²) in [5.41, 5.74) is 5.20. The number of hydrogen-bond acceptors (Lipinski definition) is 3. The summed E-state index contributed by atoms with van der Waals surface area (Å²) in [6.07, 6.45) is 1.07. The van der Waals surface area contributed by atoms with Gasteiger partial charge in [-0.1, -0.05) is 0 Å². The molecule has 108 valence electrons. The molecule has 0 fully saturated rings. The third-order valence-corrected chi connectivity index (χ3v) is 3.19. The summed E-state index contributed by atoms with van der Waals surface area (Å²) in [6.45, 7) is 1.91. The zero-order chi connectivity index (χ0) is 14.7. The summed E-state index contributed by atoms with van der Waals surface area (Å²) in [4.78, 5) is 0. The highest BCUT2D eigenvalue weighted by atomic mass is 19.1. The van der Waals surface area contributed by atoms with E-state index in [0.717, 1.165) is 17.5 Å². The van der Waals surface area contributed by atoms with Crippen LogP contribution in [0, 0.1) is 18.6 Å². The second-order valence-electron chi connectivity index (χ2n) is 4.95. The predicted octanol–water partition coefficient (Wildman–Crippen LogP) is 1.62. The molecule has 0 radical (unpaired) electrons. The van der Waals surface area contributed by atoms with E-state index in [1.165, 1.54) is 12.1 Å². The van der Waals surface area contributed by atoms with Gasteiger partial charge >= 0.3 is 0 Å². The molecule has 0 amide bonds. The molecule has 0 spiro atoms. The lowest BCUT2D eigenvalue weighted by atomic mass is 10.0. The lowest BCUT2D eigenvalue weighted by Gasteiger charge is -2.16. The molecule has 3 N–H and O–H groups in total. The van der Waals surface area contributed by atoms with E-state index in [1.54, 1.807) is 4.68 Å². The van der Waals surface area contributed by atoms with Crippen molar-refractivity contribution in [1.29, 1.82) is 0 Å². The standard InChI is InChI=1S/C14H18F2N4/c1-9-3-14(20(2)19-9)8-13(18-17)6-10-4-11(15)7-12(16)5-10/h3-5,7,13,18H,6,8,17H2,1-2H3. The maximum atomic E-state index is 13.2. The largest absolute Gasteiger partial charge is 0.272 e. The van der Waals surface area contributed by atoms with Gasteiger partial charge in [0.05, 0.1) is 5.69 Å². The first-order valence-electron chi connectivity index (χ1n) is 6.38. The number of aryl methyl sites for hydroxylation is 2. The average molecular weight is 280 g/mol. The maximum absolute atomic E-state index is 13.2. The van der Waals surface area contributed by atoms with E-state index in [2.05, 4.69) is 10.5 Å². The van der Waals surface area contributed by atoms with E-state index < -0.39 is 11.6 Å². The lowest BCUT2D eigenvalue weighted by molar-refractivity contribution is 0.501. The van der Waals surface area contributed by atoms with Crippen molar-refractivity contribution in [1.82, 2.24) is 15.2 Å². The molecule has 2 rings (SSSR count). The summed E-state index contributed by atoms with van der Waals surface area (Å²) in [7, 11) is 1.86. The predicted molar refractivity (Wildman–Crippen MR) is 72.8 cm³/mol. The Hall–Kier alpha value is -1.79. The molecule has 0 aliphatic heterocycles. The van der Waals surface area contributed by atoms with Crippen LogP contribution in [0.4, 0.5) is 8.78 Å². The second-order valence-corrected chi connectivity index (χ2v) is 4.95. The van der Waals surface area contributed by atoms with Gasteiger partial charge < -0.3 is 0 Å². The number of hydrazine groups is 1. The summed E-state index contributed by atoms with van der Waals surface area (Å²) in [5, 5.41) is 4.26.